The van der Waals surface area contributed by atoms with E-state index in [0.29, 0.717) is 13.0 Å². The summed E-state index contributed by atoms with van der Waals surface area (Å²) in [6.07, 6.45) is 2.35. The van der Waals surface area contributed by atoms with Gasteiger partial charge in [-0.3, -0.25) is 4.79 Å². The van der Waals surface area contributed by atoms with Crippen molar-refractivity contribution in [2.24, 2.45) is 0 Å². The van der Waals surface area contributed by atoms with Crippen LogP contribution in [0.15, 0.2) is 0 Å². The minimum absolute atomic E-state index is 0. The molecule has 0 aliphatic carbocycles. The monoisotopic (exact) mass is 264 g/mol. The van der Waals surface area contributed by atoms with Gasteiger partial charge in [-0.05, 0) is 26.2 Å². The van der Waals surface area contributed by atoms with Crippen molar-refractivity contribution in [3.63, 3.8) is 0 Å². The first-order valence-electron chi connectivity index (χ1n) is 6.00. The van der Waals surface area contributed by atoms with Crippen LogP contribution in [0.4, 0.5) is 0 Å². The lowest BCUT2D eigenvalue weighted by Gasteiger charge is -2.21. The van der Waals surface area contributed by atoms with Gasteiger partial charge in [0.2, 0.25) is 5.91 Å². The zero-order valence-corrected chi connectivity index (χ0v) is 10.8. The van der Waals surface area contributed by atoms with E-state index in [2.05, 4.69) is 10.6 Å². The molecule has 0 saturated carbocycles. The molecule has 0 bridgehead atoms. The molecular formula is C11H21ClN2O3. The number of hydrogen-bond acceptors (Lipinski definition) is 4. The predicted molar refractivity (Wildman–Crippen MR) is 66.2 cm³/mol. The number of hydrogen-bond donors (Lipinski definition) is 3. The Bertz CT molecular complexity index is 259. The maximum Gasteiger partial charge on any atom is 0.237 e. The van der Waals surface area contributed by atoms with Gasteiger partial charge in [0.25, 0.3) is 0 Å². The Kier molecular flexibility index (Phi) is 5.66. The molecule has 2 fully saturated rings. The van der Waals surface area contributed by atoms with E-state index >= 15 is 0 Å². The van der Waals surface area contributed by atoms with Crippen molar-refractivity contribution < 1.29 is 14.6 Å². The van der Waals surface area contributed by atoms with Crippen molar-refractivity contribution in [1.82, 2.24) is 10.6 Å². The van der Waals surface area contributed by atoms with E-state index in [9.17, 15) is 9.90 Å². The molecule has 100 valence electrons. The molecule has 0 aromatic heterocycles. The van der Waals surface area contributed by atoms with Gasteiger partial charge in [0.1, 0.15) is 0 Å². The van der Waals surface area contributed by atoms with Gasteiger partial charge in [0, 0.05) is 13.2 Å². The molecule has 0 aromatic carbocycles. The van der Waals surface area contributed by atoms with Gasteiger partial charge in [-0.2, -0.15) is 0 Å². The van der Waals surface area contributed by atoms with Gasteiger partial charge in [-0.25, -0.2) is 0 Å². The van der Waals surface area contributed by atoms with Crippen LogP contribution in [-0.2, 0) is 9.53 Å². The highest BCUT2D eigenvalue weighted by atomic mass is 35.5. The van der Waals surface area contributed by atoms with E-state index in [0.717, 1.165) is 19.4 Å². The van der Waals surface area contributed by atoms with E-state index in [1.807, 2.05) is 6.92 Å². The van der Waals surface area contributed by atoms with Gasteiger partial charge >= 0.3 is 0 Å². The Morgan fingerprint density at radius 1 is 1.59 bits per heavy atom. The number of halogens is 1. The van der Waals surface area contributed by atoms with Crippen molar-refractivity contribution in [2.45, 2.75) is 50.5 Å². The highest BCUT2D eigenvalue weighted by Crippen LogP contribution is 2.16. The lowest BCUT2D eigenvalue weighted by molar-refractivity contribution is -0.124. The first kappa shape index (κ1) is 14.7. The summed E-state index contributed by atoms with van der Waals surface area (Å²) < 4.78 is 5.51. The average Bonchev–Trinajstić information content (AvgIpc) is 2.87. The van der Waals surface area contributed by atoms with Crippen LogP contribution in [0.5, 0.6) is 0 Å². The quantitative estimate of drug-likeness (QED) is 0.661. The van der Waals surface area contributed by atoms with Crippen LogP contribution < -0.4 is 10.6 Å². The molecular weight excluding hydrogens is 244 g/mol. The number of rotatable bonds is 3. The highest BCUT2D eigenvalue weighted by Gasteiger charge is 2.30. The van der Waals surface area contributed by atoms with Crippen LogP contribution in [0.3, 0.4) is 0 Å². The fourth-order valence-corrected chi connectivity index (χ4v) is 2.33. The van der Waals surface area contributed by atoms with Crippen LogP contribution >= 0.6 is 12.4 Å². The van der Waals surface area contributed by atoms with Gasteiger partial charge in [-0.15, -0.1) is 12.4 Å². The highest BCUT2D eigenvalue weighted by molar-refractivity contribution is 5.85. The normalized spacial score (nSPS) is 34.1. The van der Waals surface area contributed by atoms with Gasteiger partial charge in [0.05, 0.1) is 24.3 Å². The van der Waals surface area contributed by atoms with E-state index in [-0.39, 0.29) is 36.5 Å². The number of carbonyl (C=O) groups excluding carboxylic acids is 1. The second-order valence-corrected chi connectivity index (χ2v) is 4.70. The topological polar surface area (TPSA) is 70.6 Å². The van der Waals surface area contributed by atoms with Gasteiger partial charge in [-0.1, -0.05) is 0 Å². The van der Waals surface area contributed by atoms with Crippen LogP contribution in [0.2, 0.25) is 0 Å². The third-order valence-electron chi connectivity index (χ3n) is 3.32. The summed E-state index contributed by atoms with van der Waals surface area (Å²) in [5, 5.41) is 15.3. The molecule has 6 heteroatoms. The number of β-amino-alcohol motifs (C(OH)–C–C–N with tert-alkyl or cyclic N) is 1. The Labute approximate surface area is 108 Å². The lowest BCUT2D eigenvalue weighted by Crippen LogP contribution is -2.48. The third-order valence-corrected chi connectivity index (χ3v) is 3.32. The second-order valence-electron chi connectivity index (χ2n) is 4.70. The Morgan fingerprint density at radius 3 is 2.88 bits per heavy atom. The van der Waals surface area contributed by atoms with Crippen molar-refractivity contribution in [3.05, 3.63) is 0 Å². The largest absolute Gasteiger partial charge is 0.392 e. The molecule has 3 N–H and O–H groups in total. The molecule has 2 aliphatic rings. The van der Waals surface area contributed by atoms with E-state index in [1.54, 1.807) is 0 Å². The molecule has 0 aromatic rings. The van der Waals surface area contributed by atoms with Gasteiger partial charge < -0.3 is 20.5 Å². The van der Waals surface area contributed by atoms with Crippen molar-refractivity contribution in [1.29, 1.82) is 0 Å². The predicted octanol–water partition coefficient (Wildman–Crippen LogP) is -0.185. The summed E-state index contributed by atoms with van der Waals surface area (Å²) >= 11 is 0. The first-order valence-corrected chi connectivity index (χ1v) is 6.00. The molecule has 2 saturated heterocycles. The lowest BCUT2D eigenvalue weighted by atomic mass is 10.1. The maximum atomic E-state index is 11.8. The molecule has 0 radical (unpaired) electrons. The standard InChI is InChI=1S/C11H20N2O3.ClH/c1-7(10-3-2-4-16-10)13-11(15)9-5-8(14)6-12-9;/h7-10,12,14H,2-6H2,1H3,(H,13,15);1H. The number of aliphatic hydroxyl groups excluding tert-OH is 1. The molecule has 2 rings (SSSR count). The Hall–Kier alpha value is -0.360. The molecule has 4 atom stereocenters. The van der Waals surface area contributed by atoms with E-state index in [4.69, 9.17) is 4.74 Å². The zero-order chi connectivity index (χ0) is 11.5. The minimum atomic E-state index is -0.395. The minimum Gasteiger partial charge on any atom is -0.392 e. The molecule has 17 heavy (non-hydrogen) atoms. The Morgan fingerprint density at radius 2 is 2.35 bits per heavy atom. The summed E-state index contributed by atoms with van der Waals surface area (Å²) in [6, 6.07) is -0.201. The SMILES string of the molecule is CC(NC(=O)C1CC(O)CN1)C1CCCO1.Cl. The molecule has 2 heterocycles. The maximum absolute atomic E-state index is 11.8. The van der Waals surface area contributed by atoms with Crippen LogP contribution in [0.25, 0.3) is 0 Å². The van der Waals surface area contributed by atoms with Crippen LogP contribution in [-0.4, -0.2) is 48.5 Å². The summed E-state index contributed by atoms with van der Waals surface area (Å²) in [7, 11) is 0. The summed E-state index contributed by atoms with van der Waals surface area (Å²) in [6.45, 7) is 3.27. The molecule has 0 spiro atoms. The summed E-state index contributed by atoms with van der Waals surface area (Å²) in [5.74, 6) is -0.0282. The fraction of sp³-hybridized carbons (Fsp3) is 0.909. The first-order chi connectivity index (χ1) is 7.66. The van der Waals surface area contributed by atoms with Crippen molar-refractivity contribution >= 4 is 18.3 Å². The number of carbonyl (C=O) groups is 1. The summed E-state index contributed by atoms with van der Waals surface area (Å²) in [5.41, 5.74) is 0. The average molecular weight is 265 g/mol. The van der Waals surface area contributed by atoms with E-state index in [1.165, 1.54) is 0 Å². The zero-order valence-electron chi connectivity index (χ0n) is 10.0. The Balaban J connectivity index is 0.00000144. The third kappa shape index (κ3) is 3.81. The number of aliphatic hydroxyl groups is 1. The van der Waals surface area contributed by atoms with Crippen molar-refractivity contribution in [3.8, 4) is 0 Å². The van der Waals surface area contributed by atoms with Gasteiger partial charge in [0.15, 0.2) is 0 Å². The van der Waals surface area contributed by atoms with Crippen LogP contribution in [0.1, 0.15) is 26.2 Å². The van der Waals surface area contributed by atoms with Crippen molar-refractivity contribution in [2.75, 3.05) is 13.2 Å². The van der Waals surface area contributed by atoms with Crippen LogP contribution in [0, 0.1) is 0 Å². The number of amides is 1. The summed E-state index contributed by atoms with van der Waals surface area (Å²) in [4.78, 5) is 11.8. The molecule has 4 unspecified atom stereocenters. The van der Waals surface area contributed by atoms with E-state index < -0.39 is 6.10 Å². The number of ether oxygens (including phenoxy) is 1. The molecule has 1 amide bonds. The molecule has 2 aliphatic heterocycles. The second kappa shape index (κ2) is 6.54. The fourth-order valence-electron chi connectivity index (χ4n) is 2.33. The smallest absolute Gasteiger partial charge is 0.237 e. The molecule has 5 nitrogen and oxygen atoms in total. The number of nitrogens with one attached hydrogen (secondary N) is 2.